The van der Waals surface area contributed by atoms with Gasteiger partial charge < -0.3 is 24.2 Å². The zero-order valence-corrected chi connectivity index (χ0v) is 12.5. The van der Waals surface area contributed by atoms with Crippen LogP contribution in [-0.2, 0) is 9.53 Å². The molecule has 0 saturated carbocycles. The summed E-state index contributed by atoms with van der Waals surface area (Å²) in [6.07, 6.45) is -0.377. The topological polar surface area (TPSA) is 68.2 Å². The Bertz CT molecular complexity index is 505. The fourth-order valence-corrected chi connectivity index (χ4v) is 2.47. The minimum atomic E-state index is -1.39. The molecule has 1 heterocycles. The van der Waals surface area contributed by atoms with E-state index in [0.29, 0.717) is 17.1 Å². The Kier molecular flexibility index (Phi) is 5.03. The van der Waals surface area contributed by atoms with Crippen molar-refractivity contribution in [1.29, 1.82) is 0 Å². The Morgan fingerprint density at radius 1 is 1.43 bits per heavy atom. The monoisotopic (exact) mass is 295 g/mol. The number of hydrogen-bond donors (Lipinski definition) is 1. The second-order valence-corrected chi connectivity index (χ2v) is 5.10. The third kappa shape index (κ3) is 3.46. The van der Waals surface area contributed by atoms with E-state index < -0.39 is 12.1 Å². The molecular formula is C15H21NO5. The second-order valence-electron chi connectivity index (χ2n) is 5.10. The maximum absolute atomic E-state index is 11.5. The van der Waals surface area contributed by atoms with Gasteiger partial charge in [0.15, 0.2) is 17.6 Å². The van der Waals surface area contributed by atoms with E-state index >= 15 is 0 Å². The number of ether oxygens (including phenoxy) is 3. The number of nitrogens with zero attached hydrogens (tertiary/aromatic N) is 1. The van der Waals surface area contributed by atoms with Crippen LogP contribution in [0.2, 0.25) is 0 Å². The first-order valence-electron chi connectivity index (χ1n) is 6.84. The van der Waals surface area contributed by atoms with Crippen LogP contribution in [-0.4, -0.2) is 56.4 Å². The van der Waals surface area contributed by atoms with E-state index in [4.69, 9.17) is 9.47 Å². The first-order chi connectivity index (χ1) is 10.1. The molecule has 1 aliphatic rings. The SMILES string of the molecule is COC(=O)C(O)c1cccc(OC2CCN(C)C2)c1OC. The summed E-state index contributed by atoms with van der Waals surface area (Å²) in [5.74, 6) is 0.161. The Balaban J connectivity index is 2.24. The molecule has 0 radical (unpaired) electrons. The maximum Gasteiger partial charge on any atom is 0.339 e. The van der Waals surface area contributed by atoms with Gasteiger partial charge >= 0.3 is 5.97 Å². The quantitative estimate of drug-likeness (QED) is 0.817. The number of likely N-dealkylation sites (tertiary alicyclic amines) is 1. The minimum Gasteiger partial charge on any atom is -0.492 e. The average molecular weight is 295 g/mol. The summed E-state index contributed by atoms with van der Waals surface area (Å²) in [7, 11) is 4.75. The van der Waals surface area contributed by atoms with Gasteiger partial charge in [-0.1, -0.05) is 12.1 Å². The van der Waals surface area contributed by atoms with E-state index in [2.05, 4.69) is 9.64 Å². The summed E-state index contributed by atoms with van der Waals surface area (Å²) < 4.78 is 15.8. The lowest BCUT2D eigenvalue weighted by molar-refractivity contribution is -0.150. The van der Waals surface area contributed by atoms with Crippen LogP contribution >= 0.6 is 0 Å². The molecule has 0 aliphatic carbocycles. The number of hydrogen-bond acceptors (Lipinski definition) is 6. The van der Waals surface area contributed by atoms with Gasteiger partial charge in [0, 0.05) is 18.7 Å². The molecule has 2 rings (SSSR count). The van der Waals surface area contributed by atoms with E-state index in [1.807, 2.05) is 7.05 Å². The zero-order valence-electron chi connectivity index (χ0n) is 12.5. The Labute approximate surface area is 124 Å². The van der Waals surface area contributed by atoms with Crippen LogP contribution in [0.5, 0.6) is 11.5 Å². The number of methoxy groups -OCH3 is 2. The molecule has 0 aromatic heterocycles. The molecule has 1 fully saturated rings. The van der Waals surface area contributed by atoms with Crippen molar-refractivity contribution in [2.75, 3.05) is 34.4 Å². The molecule has 6 heteroatoms. The predicted octanol–water partition coefficient (Wildman–Crippen LogP) is 0.984. The standard InChI is InChI=1S/C15H21NO5/c1-16-8-7-10(9-16)21-12-6-4-5-11(14(12)19-2)13(17)15(18)20-3/h4-6,10,13,17H,7-9H2,1-3H3. The van der Waals surface area contributed by atoms with E-state index in [0.717, 1.165) is 19.5 Å². The molecule has 1 saturated heterocycles. The van der Waals surface area contributed by atoms with Gasteiger partial charge in [-0.15, -0.1) is 0 Å². The Hall–Kier alpha value is -1.79. The highest BCUT2D eigenvalue weighted by Gasteiger charge is 2.26. The summed E-state index contributed by atoms with van der Waals surface area (Å²) in [5, 5.41) is 10.0. The summed E-state index contributed by atoms with van der Waals surface area (Å²) in [4.78, 5) is 13.7. The van der Waals surface area contributed by atoms with Crippen LogP contribution in [0, 0.1) is 0 Å². The number of likely N-dealkylation sites (N-methyl/N-ethyl adjacent to an activating group) is 1. The third-order valence-electron chi connectivity index (χ3n) is 3.57. The first kappa shape index (κ1) is 15.6. The van der Waals surface area contributed by atoms with E-state index in [9.17, 15) is 9.90 Å². The van der Waals surface area contributed by atoms with Crippen LogP contribution in [0.3, 0.4) is 0 Å². The van der Waals surface area contributed by atoms with Gasteiger partial charge in [0.1, 0.15) is 6.10 Å². The summed E-state index contributed by atoms with van der Waals surface area (Å²) >= 11 is 0. The summed E-state index contributed by atoms with van der Waals surface area (Å²) in [5.41, 5.74) is 0.341. The van der Waals surface area contributed by atoms with Crippen LogP contribution in [0.4, 0.5) is 0 Å². The van der Waals surface area contributed by atoms with Crippen molar-refractivity contribution in [3.8, 4) is 11.5 Å². The zero-order chi connectivity index (χ0) is 15.4. The highest BCUT2D eigenvalue weighted by Crippen LogP contribution is 2.36. The number of aliphatic hydroxyl groups excluding tert-OH is 1. The van der Waals surface area contributed by atoms with Gasteiger partial charge in [-0.05, 0) is 19.5 Å². The molecule has 2 unspecified atom stereocenters. The van der Waals surface area contributed by atoms with Gasteiger partial charge in [0.2, 0.25) is 0 Å². The van der Waals surface area contributed by atoms with Crippen molar-refractivity contribution < 1.29 is 24.1 Å². The smallest absolute Gasteiger partial charge is 0.339 e. The van der Waals surface area contributed by atoms with Crippen LogP contribution in [0.25, 0.3) is 0 Å². The van der Waals surface area contributed by atoms with Crippen LogP contribution in [0.15, 0.2) is 18.2 Å². The van der Waals surface area contributed by atoms with Gasteiger partial charge in [-0.25, -0.2) is 4.79 Å². The lowest BCUT2D eigenvalue weighted by Gasteiger charge is -2.19. The fraction of sp³-hybridized carbons (Fsp3) is 0.533. The molecule has 1 aliphatic heterocycles. The molecule has 0 bridgehead atoms. The second kappa shape index (κ2) is 6.78. The molecule has 1 aromatic carbocycles. The predicted molar refractivity (Wildman–Crippen MR) is 76.5 cm³/mol. The van der Waals surface area contributed by atoms with E-state index in [-0.39, 0.29) is 6.10 Å². The highest BCUT2D eigenvalue weighted by molar-refractivity contribution is 5.77. The van der Waals surface area contributed by atoms with Crippen molar-refractivity contribution in [2.24, 2.45) is 0 Å². The number of aliphatic hydroxyl groups is 1. The lowest BCUT2D eigenvalue weighted by Crippen LogP contribution is -2.22. The number of carbonyl (C=O) groups excluding carboxylic acids is 1. The molecule has 1 N–H and O–H groups in total. The van der Waals surface area contributed by atoms with Crippen molar-refractivity contribution in [3.05, 3.63) is 23.8 Å². The summed E-state index contributed by atoms with van der Waals surface area (Å²) in [6, 6.07) is 5.11. The van der Waals surface area contributed by atoms with Gasteiger partial charge in [0.05, 0.1) is 14.2 Å². The molecule has 21 heavy (non-hydrogen) atoms. The molecule has 0 amide bonds. The van der Waals surface area contributed by atoms with Gasteiger partial charge in [-0.3, -0.25) is 0 Å². The van der Waals surface area contributed by atoms with E-state index in [1.165, 1.54) is 14.2 Å². The molecule has 6 nitrogen and oxygen atoms in total. The molecule has 0 spiro atoms. The van der Waals surface area contributed by atoms with Crippen LogP contribution in [0.1, 0.15) is 18.1 Å². The number of para-hydroxylation sites is 1. The summed E-state index contributed by atoms with van der Waals surface area (Å²) in [6.45, 7) is 1.82. The number of rotatable bonds is 5. The maximum atomic E-state index is 11.5. The minimum absolute atomic E-state index is 0.0782. The molecular weight excluding hydrogens is 274 g/mol. The van der Waals surface area contributed by atoms with Gasteiger partial charge in [-0.2, -0.15) is 0 Å². The fourth-order valence-electron chi connectivity index (χ4n) is 2.47. The van der Waals surface area contributed by atoms with Crippen LogP contribution < -0.4 is 9.47 Å². The molecule has 116 valence electrons. The average Bonchev–Trinajstić information content (AvgIpc) is 2.90. The number of esters is 1. The van der Waals surface area contributed by atoms with Crippen molar-refractivity contribution in [3.63, 3.8) is 0 Å². The van der Waals surface area contributed by atoms with E-state index in [1.54, 1.807) is 18.2 Å². The normalized spacial score (nSPS) is 20.1. The number of carbonyl (C=O) groups is 1. The molecule has 2 atom stereocenters. The number of benzene rings is 1. The lowest BCUT2D eigenvalue weighted by atomic mass is 10.1. The Morgan fingerprint density at radius 3 is 2.76 bits per heavy atom. The highest BCUT2D eigenvalue weighted by atomic mass is 16.5. The van der Waals surface area contributed by atoms with Crippen molar-refractivity contribution in [1.82, 2.24) is 4.90 Å². The van der Waals surface area contributed by atoms with Crippen molar-refractivity contribution >= 4 is 5.97 Å². The first-order valence-corrected chi connectivity index (χ1v) is 6.84. The third-order valence-corrected chi connectivity index (χ3v) is 3.57. The molecule has 1 aromatic rings. The Morgan fingerprint density at radius 2 is 2.19 bits per heavy atom. The van der Waals surface area contributed by atoms with Crippen molar-refractivity contribution in [2.45, 2.75) is 18.6 Å². The van der Waals surface area contributed by atoms with Gasteiger partial charge in [0.25, 0.3) is 0 Å². The largest absolute Gasteiger partial charge is 0.492 e.